The molecule has 0 aliphatic heterocycles. The second-order valence-corrected chi connectivity index (χ2v) is 7.62. The van der Waals surface area contributed by atoms with Gasteiger partial charge < -0.3 is 13.9 Å². The van der Waals surface area contributed by atoms with Crippen LogP contribution >= 0.6 is 0 Å². The molecule has 0 aliphatic carbocycles. The van der Waals surface area contributed by atoms with E-state index in [0.29, 0.717) is 19.8 Å². The van der Waals surface area contributed by atoms with Crippen LogP contribution in [0.5, 0.6) is 0 Å². The Labute approximate surface area is 181 Å². The van der Waals surface area contributed by atoms with Crippen LogP contribution in [-0.2, 0) is 16.1 Å². The molecule has 0 bridgehead atoms. The topological polar surface area (TPSA) is 35.8 Å². The number of ether oxygens (including phenoxy) is 2. The number of imidazole rings is 1. The van der Waals surface area contributed by atoms with E-state index in [4.69, 9.17) is 14.5 Å². The lowest BCUT2D eigenvalue weighted by molar-refractivity contribution is 0.0617. The van der Waals surface area contributed by atoms with Gasteiger partial charge in [0.25, 0.3) is 0 Å². The number of aromatic nitrogens is 2. The van der Waals surface area contributed by atoms with E-state index >= 15 is 0 Å². The minimum absolute atomic E-state index is 0.580. The molecule has 0 radical (unpaired) electrons. The summed E-state index contributed by atoms with van der Waals surface area (Å²) in [5.74, 6) is 0. The van der Waals surface area contributed by atoms with Crippen molar-refractivity contribution in [3.8, 4) is 22.4 Å². The first-order valence-corrected chi connectivity index (χ1v) is 10.4. The van der Waals surface area contributed by atoms with Crippen LogP contribution in [0.2, 0.25) is 0 Å². The number of fused-ring (bicyclic) bond motifs is 2. The van der Waals surface area contributed by atoms with Crippen molar-refractivity contribution < 1.29 is 9.47 Å². The number of hydrogen-bond acceptors (Lipinski definition) is 3. The third-order valence-electron chi connectivity index (χ3n) is 5.46. The Morgan fingerprint density at radius 1 is 0.742 bits per heavy atom. The SMILES string of the molecule is COCCOCc1cccc(-c2ccc3nc(-c4ccc5ccccc5c4)cn3c2)c1. The van der Waals surface area contributed by atoms with Crippen molar-refractivity contribution in [1.82, 2.24) is 9.38 Å². The molecule has 4 heteroatoms. The molecule has 0 saturated heterocycles. The highest BCUT2D eigenvalue weighted by Gasteiger charge is 2.07. The van der Waals surface area contributed by atoms with E-state index in [1.165, 1.54) is 10.8 Å². The zero-order chi connectivity index (χ0) is 21.0. The Morgan fingerprint density at radius 2 is 1.61 bits per heavy atom. The maximum Gasteiger partial charge on any atom is 0.137 e. The average molecular weight is 409 g/mol. The van der Waals surface area contributed by atoms with Crippen molar-refractivity contribution in [2.24, 2.45) is 0 Å². The molecule has 2 heterocycles. The quantitative estimate of drug-likeness (QED) is 0.311. The van der Waals surface area contributed by atoms with Crippen molar-refractivity contribution in [2.75, 3.05) is 20.3 Å². The maximum absolute atomic E-state index is 5.66. The molecular formula is C27H24N2O2. The Morgan fingerprint density at radius 3 is 2.52 bits per heavy atom. The van der Waals surface area contributed by atoms with E-state index in [0.717, 1.165) is 33.6 Å². The zero-order valence-electron chi connectivity index (χ0n) is 17.5. The molecule has 0 spiro atoms. The van der Waals surface area contributed by atoms with Crippen molar-refractivity contribution in [2.45, 2.75) is 6.61 Å². The van der Waals surface area contributed by atoms with Gasteiger partial charge in [0.15, 0.2) is 0 Å². The average Bonchev–Trinajstić information content (AvgIpc) is 3.25. The van der Waals surface area contributed by atoms with Crippen LogP contribution in [0.3, 0.4) is 0 Å². The standard InChI is InChI=1S/C27H24N2O2/c1-30-13-14-31-19-20-5-4-8-22(15-20)25-11-12-27-28-26(18-29(27)17-25)24-10-9-21-6-2-3-7-23(21)16-24/h2-12,15-18H,13-14,19H2,1H3. The summed E-state index contributed by atoms with van der Waals surface area (Å²) < 4.78 is 12.8. The molecule has 2 aromatic heterocycles. The fraction of sp³-hybridized carbons (Fsp3) is 0.148. The van der Waals surface area contributed by atoms with E-state index in [9.17, 15) is 0 Å². The molecule has 4 nitrogen and oxygen atoms in total. The lowest BCUT2D eigenvalue weighted by atomic mass is 10.1. The van der Waals surface area contributed by atoms with Gasteiger partial charge in [-0.25, -0.2) is 4.98 Å². The van der Waals surface area contributed by atoms with Crippen LogP contribution in [-0.4, -0.2) is 29.7 Å². The summed E-state index contributed by atoms with van der Waals surface area (Å²) in [7, 11) is 1.68. The van der Waals surface area contributed by atoms with Gasteiger partial charge in [-0.05, 0) is 51.7 Å². The van der Waals surface area contributed by atoms with Gasteiger partial charge in [0.1, 0.15) is 5.65 Å². The van der Waals surface area contributed by atoms with Gasteiger partial charge >= 0.3 is 0 Å². The zero-order valence-corrected chi connectivity index (χ0v) is 17.5. The van der Waals surface area contributed by atoms with Gasteiger partial charge in [-0.3, -0.25) is 0 Å². The normalized spacial score (nSPS) is 11.4. The number of rotatable bonds is 7. The Kier molecular flexibility index (Phi) is 5.48. The summed E-state index contributed by atoms with van der Waals surface area (Å²) >= 11 is 0. The Hall–Kier alpha value is -3.47. The van der Waals surface area contributed by atoms with E-state index in [1.54, 1.807) is 7.11 Å². The van der Waals surface area contributed by atoms with E-state index in [2.05, 4.69) is 95.7 Å². The molecule has 5 rings (SSSR count). The van der Waals surface area contributed by atoms with E-state index in [-0.39, 0.29) is 0 Å². The number of benzene rings is 3. The Balaban J connectivity index is 1.43. The van der Waals surface area contributed by atoms with Crippen molar-refractivity contribution in [3.63, 3.8) is 0 Å². The molecule has 0 unspecified atom stereocenters. The van der Waals surface area contributed by atoms with Crippen LogP contribution < -0.4 is 0 Å². The fourth-order valence-electron chi connectivity index (χ4n) is 3.82. The molecule has 0 aliphatic rings. The highest BCUT2D eigenvalue weighted by Crippen LogP contribution is 2.26. The summed E-state index contributed by atoms with van der Waals surface area (Å²) in [6.07, 6.45) is 4.23. The van der Waals surface area contributed by atoms with Gasteiger partial charge in [-0.2, -0.15) is 0 Å². The number of nitrogens with zero attached hydrogens (tertiary/aromatic N) is 2. The molecule has 31 heavy (non-hydrogen) atoms. The van der Waals surface area contributed by atoms with Crippen LogP contribution in [0.1, 0.15) is 5.56 Å². The maximum atomic E-state index is 5.66. The largest absolute Gasteiger partial charge is 0.382 e. The number of methoxy groups -OCH3 is 1. The lowest BCUT2D eigenvalue weighted by Crippen LogP contribution is -2.01. The van der Waals surface area contributed by atoms with Crippen LogP contribution in [0.4, 0.5) is 0 Å². The van der Waals surface area contributed by atoms with Gasteiger partial charge in [-0.15, -0.1) is 0 Å². The highest BCUT2D eigenvalue weighted by atomic mass is 16.5. The predicted octanol–water partition coefficient (Wildman–Crippen LogP) is 5.98. The van der Waals surface area contributed by atoms with E-state index < -0.39 is 0 Å². The van der Waals surface area contributed by atoms with Gasteiger partial charge in [0.05, 0.1) is 25.5 Å². The highest BCUT2D eigenvalue weighted by molar-refractivity contribution is 5.87. The first kappa shape index (κ1) is 19.5. The minimum Gasteiger partial charge on any atom is -0.382 e. The van der Waals surface area contributed by atoms with Crippen LogP contribution in [0, 0.1) is 0 Å². The van der Waals surface area contributed by atoms with Crippen LogP contribution in [0.15, 0.2) is 91.3 Å². The molecule has 0 saturated carbocycles. The molecule has 0 N–H and O–H groups in total. The summed E-state index contributed by atoms with van der Waals surface area (Å²) in [4.78, 5) is 4.83. The molecule has 3 aromatic carbocycles. The van der Waals surface area contributed by atoms with Crippen LogP contribution in [0.25, 0.3) is 38.8 Å². The molecule has 5 aromatic rings. The summed E-state index contributed by atoms with van der Waals surface area (Å²) in [5, 5.41) is 2.46. The van der Waals surface area contributed by atoms with Gasteiger partial charge in [0, 0.05) is 25.1 Å². The second kappa shape index (κ2) is 8.72. The number of pyridine rings is 1. The molecular weight excluding hydrogens is 384 g/mol. The first-order chi connectivity index (χ1) is 15.3. The fourth-order valence-corrected chi connectivity index (χ4v) is 3.82. The molecule has 0 fully saturated rings. The van der Waals surface area contributed by atoms with E-state index in [1.807, 2.05) is 0 Å². The van der Waals surface area contributed by atoms with Gasteiger partial charge in [-0.1, -0.05) is 54.6 Å². The molecule has 0 atom stereocenters. The summed E-state index contributed by atoms with van der Waals surface area (Å²) in [6, 6.07) is 27.5. The second-order valence-electron chi connectivity index (χ2n) is 7.62. The lowest BCUT2D eigenvalue weighted by Gasteiger charge is -2.07. The monoisotopic (exact) mass is 408 g/mol. The van der Waals surface area contributed by atoms with Crippen molar-refractivity contribution in [3.05, 3.63) is 96.8 Å². The summed E-state index contributed by atoms with van der Waals surface area (Å²) in [5.41, 5.74) is 6.49. The smallest absolute Gasteiger partial charge is 0.137 e. The third-order valence-corrected chi connectivity index (χ3v) is 5.46. The number of hydrogen-bond donors (Lipinski definition) is 0. The molecule has 154 valence electrons. The minimum atomic E-state index is 0.580. The predicted molar refractivity (Wildman–Crippen MR) is 125 cm³/mol. The Bertz CT molecular complexity index is 1340. The van der Waals surface area contributed by atoms with Crippen molar-refractivity contribution in [1.29, 1.82) is 0 Å². The van der Waals surface area contributed by atoms with Crippen molar-refractivity contribution >= 4 is 16.4 Å². The van der Waals surface area contributed by atoms with Gasteiger partial charge in [0.2, 0.25) is 0 Å². The first-order valence-electron chi connectivity index (χ1n) is 10.4. The summed E-state index contributed by atoms with van der Waals surface area (Å²) in [6.45, 7) is 1.78. The molecule has 0 amide bonds. The third kappa shape index (κ3) is 4.22.